The number of carbonyl (C=O) groups excluding carboxylic acids is 2. The minimum absolute atomic E-state index is 0.231. The maximum Gasteiger partial charge on any atom is 0.341 e. The second-order valence-electron chi connectivity index (χ2n) is 6.83. The molecule has 0 bridgehead atoms. The van der Waals surface area contributed by atoms with Gasteiger partial charge >= 0.3 is 12.1 Å². The van der Waals surface area contributed by atoms with Gasteiger partial charge in [0.2, 0.25) is 0 Å². The standard InChI is InChI=1S/C18H38N4O4/c1-4-6-8-13-21(25)17(23)19-12-10-11-16(3)15-20-18(24)22(26)14-9-7-5-2/h16,25-26H,4-15H2,1-3H3,(H,19,23)(H,20,24). The first-order chi connectivity index (χ1) is 12.4. The maximum absolute atomic E-state index is 11.7. The molecule has 8 heteroatoms. The van der Waals surface area contributed by atoms with Crippen LogP contribution >= 0.6 is 0 Å². The van der Waals surface area contributed by atoms with Crippen LogP contribution in [0.1, 0.15) is 72.1 Å². The summed E-state index contributed by atoms with van der Waals surface area (Å²) in [4.78, 5) is 23.4. The quantitative estimate of drug-likeness (QED) is 0.212. The van der Waals surface area contributed by atoms with E-state index in [9.17, 15) is 20.0 Å². The van der Waals surface area contributed by atoms with E-state index in [0.29, 0.717) is 26.2 Å². The first-order valence-corrected chi connectivity index (χ1v) is 9.90. The average Bonchev–Trinajstić information content (AvgIpc) is 2.63. The molecule has 26 heavy (non-hydrogen) atoms. The fourth-order valence-corrected chi connectivity index (χ4v) is 2.42. The maximum atomic E-state index is 11.7. The van der Waals surface area contributed by atoms with Crippen LogP contribution in [0.15, 0.2) is 0 Å². The number of hydrogen-bond donors (Lipinski definition) is 4. The lowest BCUT2D eigenvalue weighted by Gasteiger charge is -2.18. The Morgan fingerprint density at radius 2 is 1.35 bits per heavy atom. The molecule has 0 spiro atoms. The normalized spacial score (nSPS) is 11.7. The van der Waals surface area contributed by atoms with Crippen LogP contribution in [0.2, 0.25) is 0 Å². The van der Waals surface area contributed by atoms with Gasteiger partial charge in [-0.1, -0.05) is 46.5 Å². The van der Waals surface area contributed by atoms with Crippen LogP contribution in [0.25, 0.3) is 0 Å². The molecule has 0 saturated heterocycles. The van der Waals surface area contributed by atoms with Gasteiger partial charge in [-0.3, -0.25) is 10.4 Å². The van der Waals surface area contributed by atoms with Gasteiger partial charge in [0.05, 0.1) is 13.1 Å². The highest BCUT2D eigenvalue weighted by atomic mass is 16.5. The van der Waals surface area contributed by atoms with Gasteiger partial charge in [0, 0.05) is 13.1 Å². The Labute approximate surface area is 157 Å². The summed E-state index contributed by atoms with van der Waals surface area (Å²) in [7, 11) is 0. The monoisotopic (exact) mass is 374 g/mol. The summed E-state index contributed by atoms with van der Waals surface area (Å²) in [6.07, 6.45) is 7.20. The van der Waals surface area contributed by atoms with Crippen molar-refractivity contribution in [3.8, 4) is 0 Å². The van der Waals surface area contributed by atoms with Crippen LogP contribution in [0.4, 0.5) is 9.59 Å². The zero-order chi connectivity index (χ0) is 19.8. The summed E-state index contributed by atoms with van der Waals surface area (Å²) >= 11 is 0. The van der Waals surface area contributed by atoms with Crippen molar-refractivity contribution in [3.05, 3.63) is 0 Å². The topological polar surface area (TPSA) is 105 Å². The molecule has 154 valence electrons. The van der Waals surface area contributed by atoms with Crippen molar-refractivity contribution < 1.29 is 20.0 Å². The smallest absolute Gasteiger partial charge is 0.336 e. The summed E-state index contributed by atoms with van der Waals surface area (Å²) < 4.78 is 0. The molecule has 0 radical (unpaired) electrons. The van der Waals surface area contributed by atoms with Crippen molar-refractivity contribution >= 4 is 12.1 Å². The van der Waals surface area contributed by atoms with E-state index in [0.717, 1.165) is 61.5 Å². The SMILES string of the molecule is CCCCCN(O)C(=O)NCCCC(C)CNC(=O)N(O)CCCCC. The van der Waals surface area contributed by atoms with Crippen LogP contribution < -0.4 is 10.6 Å². The van der Waals surface area contributed by atoms with Gasteiger partial charge in [0.15, 0.2) is 0 Å². The molecule has 4 N–H and O–H groups in total. The van der Waals surface area contributed by atoms with Crippen molar-refractivity contribution in [2.24, 2.45) is 5.92 Å². The number of unbranched alkanes of at least 4 members (excludes halogenated alkanes) is 4. The zero-order valence-electron chi connectivity index (χ0n) is 16.7. The van der Waals surface area contributed by atoms with Gasteiger partial charge in [-0.15, -0.1) is 0 Å². The predicted molar refractivity (Wildman–Crippen MR) is 101 cm³/mol. The highest BCUT2D eigenvalue weighted by Crippen LogP contribution is 2.04. The molecule has 0 aliphatic heterocycles. The number of hydrogen-bond acceptors (Lipinski definition) is 4. The van der Waals surface area contributed by atoms with Crippen molar-refractivity contribution in [1.29, 1.82) is 0 Å². The number of amides is 4. The third-order valence-corrected chi connectivity index (χ3v) is 4.17. The highest BCUT2D eigenvalue weighted by Gasteiger charge is 2.12. The highest BCUT2D eigenvalue weighted by molar-refractivity contribution is 5.73. The van der Waals surface area contributed by atoms with E-state index in [4.69, 9.17) is 0 Å². The van der Waals surface area contributed by atoms with E-state index >= 15 is 0 Å². The molecule has 1 atom stereocenters. The molecule has 1 unspecified atom stereocenters. The number of nitrogens with one attached hydrogen (secondary N) is 2. The lowest BCUT2D eigenvalue weighted by molar-refractivity contribution is -0.0444. The molecule has 0 heterocycles. The first-order valence-electron chi connectivity index (χ1n) is 9.90. The summed E-state index contributed by atoms with van der Waals surface area (Å²) in [6, 6.07) is -0.936. The fraction of sp³-hybridized carbons (Fsp3) is 0.889. The van der Waals surface area contributed by atoms with E-state index in [-0.39, 0.29) is 5.92 Å². The zero-order valence-corrected chi connectivity index (χ0v) is 16.7. The molecule has 0 aromatic heterocycles. The summed E-state index contributed by atoms with van der Waals surface area (Å²) in [5, 5.41) is 26.0. The summed E-state index contributed by atoms with van der Waals surface area (Å²) in [6.45, 7) is 7.77. The molecule has 0 aromatic carbocycles. The molecular formula is C18H38N4O4. The second-order valence-corrected chi connectivity index (χ2v) is 6.83. The van der Waals surface area contributed by atoms with Gasteiger partial charge < -0.3 is 10.6 Å². The van der Waals surface area contributed by atoms with Gasteiger partial charge in [0.1, 0.15) is 0 Å². The molecule has 4 amide bonds. The van der Waals surface area contributed by atoms with Gasteiger partial charge in [0.25, 0.3) is 0 Å². The Hall–Kier alpha value is -1.54. The number of nitrogens with zero attached hydrogens (tertiary/aromatic N) is 2. The van der Waals surface area contributed by atoms with Gasteiger partial charge in [-0.2, -0.15) is 0 Å². The minimum Gasteiger partial charge on any atom is -0.336 e. The van der Waals surface area contributed by atoms with E-state index in [2.05, 4.69) is 24.5 Å². The Morgan fingerprint density at radius 1 is 0.846 bits per heavy atom. The molecule has 0 aromatic rings. The third-order valence-electron chi connectivity index (χ3n) is 4.17. The van der Waals surface area contributed by atoms with Crippen LogP contribution in [-0.2, 0) is 0 Å². The Balaban J connectivity index is 3.74. The Bertz CT molecular complexity index is 382. The van der Waals surface area contributed by atoms with Crippen LogP contribution in [-0.4, -0.2) is 58.8 Å². The van der Waals surface area contributed by atoms with E-state index in [1.165, 1.54) is 0 Å². The lowest BCUT2D eigenvalue weighted by Crippen LogP contribution is -2.40. The molecule has 0 saturated carbocycles. The molecule has 0 rings (SSSR count). The largest absolute Gasteiger partial charge is 0.341 e. The number of urea groups is 2. The van der Waals surface area contributed by atoms with E-state index in [1.807, 2.05) is 6.92 Å². The molecule has 0 aliphatic rings. The van der Waals surface area contributed by atoms with Crippen LogP contribution in [0.3, 0.4) is 0 Å². The molecule has 0 fully saturated rings. The van der Waals surface area contributed by atoms with Crippen molar-refractivity contribution in [2.45, 2.75) is 72.1 Å². The number of carbonyl (C=O) groups is 2. The van der Waals surface area contributed by atoms with Crippen LogP contribution in [0.5, 0.6) is 0 Å². The van der Waals surface area contributed by atoms with Crippen LogP contribution in [0, 0.1) is 5.92 Å². The third kappa shape index (κ3) is 12.8. The van der Waals surface area contributed by atoms with E-state index < -0.39 is 12.1 Å². The van der Waals surface area contributed by atoms with Crippen molar-refractivity contribution in [2.75, 3.05) is 26.2 Å². The van der Waals surface area contributed by atoms with Crippen molar-refractivity contribution in [3.63, 3.8) is 0 Å². The Kier molecular flexibility index (Phi) is 14.8. The number of rotatable bonds is 14. The van der Waals surface area contributed by atoms with Gasteiger partial charge in [-0.25, -0.2) is 19.7 Å². The summed E-state index contributed by atoms with van der Waals surface area (Å²) in [5.41, 5.74) is 0. The average molecular weight is 375 g/mol. The van der Waals surface area contributed by atoms with Crippen molar-refractivity contribution in [1.82, 2.24) is 20.8 Å². The fourth-order valence-electron chi connectivity index (χ4n) is 2.42. The predicted octanol–water partition coefficient (Wildman–Crippen LogP) is 3.58. The van der Waals surface area contributed by atoms with Gasteiger partial charge in [-0.05, 0) is 31.6 Å². The summed E-state index contributed by atoms with van der Waals surface area (Å²) in [5.74, 6) is 0.231. The molecular weight excluding hydrogens is 336 g/mol. The Morgan fingerprint density at radius 3 is 1.85 bits per heavy atom. The minimum atomic E-state index is -0.468. The first kappa shape index (κ1) is 24.5. The van der Waals surface area contributed by atoms with E-state index in [1.54, 1.807) is 0 Å². The molecule has 0 aliphatic carbocycles. The second kappa shape index (κ2) is 15.7. The molecule has 8 nitrogen and oxygen atoms in total. The number of hydroxylamine groups is 4. The lowest BCUT2D eigenvalue weighted by atomic mass is 10.1.